The fourth-order valence-corrected chi connectivity index (χ4v) is 3.40. The highest BCUT2D eigenvalue weighted by Gasteiger charge is 2.31. The number of hydrogen-bond acceptors (Lipinski definition) is 5. The fraction of sp³-hybridized carbons (Fsp3) is 0.385. The van der Waals surface area contributed by atoms with Gasteiger partial charge in [0.25, 0.3) is 0 Å². The van der Waals surface area contributed by atoms with Crippen LogP contribution in [0.4, 0.5) is 5.13 Å². The SMILES string of the molecule is COc1ccc2nc(N3CC(CN=[N+]=[N-])CC3=O)sc2c1. The lowest BCUT2D eigenvalue weighted by Gasteiger charge is -2.11. The number of carbonyl (C=O) groups excluding carboxylic acids is 1. The molecule has 1 aliphatic heterocycles. The Morgan fingerprint density at radius 2 is 2.48 bits per heavy atom. The van der Waals surface area contributed by atoms with E-state index in [1.54, 1.807) is 12.0 Å². The van der Waals surface area contributed by atoms with Crippen molar-refractivity contribution in [3.8, 4) is 5.75 Å². The van der Waals surface area contributed by atoms with Gasteiger partial charge in [0, 0.05) is 24.4 Å². The summed E-state index contributed by atoms with van der Waals surface area (Å²) < 4.78 is 6.17. The van der Waals surface area contributed by atoms with Gasteiger partial charge in [0.15, 0.2) is 5.13 Å². The fourth-order valence-electron chi connectivity index (χ4n) is 2.38. The second-order valence-electron chi connectivity index (χ2n) is 4.82. The van der Waals surface area contributed by atoms with Crippen LogP contribution in [0.3, 0.4) is 0 Å². The molecule has 1 amide bonds. The Bertz CT molecular complexity index is 737. The van der Waals surface area contributed by atoms with E-state index in [1.807, 2.05) is 18.2 Å². The first-order chi connectivity index (χ1) is 10.2. The van der Waals surface area contributed by atoms with E-state index in [0.29, 0.717) is 24.6 Å². The lowest BCUT2D eigenvalue weighted by atomic mass is 10.1. The lowest BCUT2D eigenvalue weighted by molar-refractivity contribution is -0.117. The molecule has 8 heteroatoms. The Morgan fingerprint density at radius 1 is 1.62 bits per heavy atom. The number of ether oxygens (including phenoxy) is 1. The van der Waals surface area contributed by atoms with Gasteiger partial charge in [-0.1, -0.05) is 16.5 Å². The Hall–Kier alpha value is -2.31. The number of aromatic nitrogens is 1. The van der Waals surface area contributed by atoms with Crippen LogP contribution in [-0.4, -0.2) is 31.1 Å². The van der Waals surface area contributed by atoms with Crippen LogP contribution >= 0.6 is 11.3 Å². The molecule has 7 nitrogen and oxygen atoms in total. The molecule has 21 heavy (non-hydrogen) atoms. The molecule has 0 aliphatic carbocycles. The largest absolute Gasteiger partial charge is 0.497 e. The molecule has 1 aromatic heterocycles. The summed E-state index contributed by atoms with van der Waals surface area (Å²) >= 11 is 1.46. The second-order valence-corrected chi connectivity index (χ2v) is 5.83. The van der Waals surface area contributed by atoms with Crippen LogP contribution in [0, 0.1) is 5.92 Å². The van der Waals surface area contributed by atoms with Crippen LogP contribution in [0.25, 0.3) is 20.7 Å². The third-order valence-corrected chi connectivity index (χ3v) is 4.46. The van der Waals surface area contributed by atoms with Gasteiger partial charge in [-0.15, -0.1) is 0 Å². The number of rotatable bonds is 4. The maximum atomic E-state index is 12.1. The van der Waals surface area contributed by atoms with E-state index in [9.17, 15) is 4.79 Å². The molecular weight excluding hydrogens is 290 g/mol. The monoisotopic (exact) mass is 303 g/mol. The van der Waals surface area contributed by atoms with Gasteiger partial charge in [-0.2, -0.15) is 0 Å². The molecular formula is C13H13N5O2S. The summed E-state index contributed by atoms with van der Waals surface area (Å²) in [5.41, 5.74) is 9.21. The topological polar surface area (TPSA) is 91.2 Å². The number of fused-ring (bicyclic) bond motifs is 1. The first kappa shape index (κ1) is 13.7. The number of hydrogen-bond donors (Lipinski definition) is 0. The summed E-state index contributed by atoms with van der Waals surface area (Å²) in [6, 6.07) is 5.64. The van der Waals surface area contributed by atoms with Crippen molar-refractivity contribution >= 4 is 32.6 Å². The molecule has 1 unspecified atom stereocenters. The summed E-state index contributed by atoms with van der Waals surface area (Å²) in [6.07, 6.45) is 0.401. The first-order valence-corrected chi connectivity index (χ1v) is 7.28. The summed E-state index contributed by atoms with van der Waals surface area (Å²) in [6.45, 7) is 0.895. The molecule has 1 aromatic carbocycles. The van der Waals surface area contributed by atoms with Gasteiger partial charge < -0.3 is 4.74 Å². The molecule has 108 valence electrons. The maximum Gasteiger partial charge on any atom is 0.229 e. The number of benzene rings is 1. The van der Waals surface area contributed by atoms with Gasteiger partial charge in [-0.3, -0.25) is 9.69 Å². The van der Waals surface area contributed by atoms with Crippen LogP contribution in [0.1, 0.15) is 6.42 Å². The van der Waals surface area contributed by atoms with Crippen LogP contribution < -0.4 is 9.64 Å². The maximum absolute atomic E-state index is 12.1. The molecule has 3 rings (SSSR count). The Labute approximate surface area is 124 Å². The highest BCUT2D eigenvalue weighted by Crippen LogP contribution is 2.34. The van der Waals surface area contributed by atoms with Crippen molar-refractivity contribution in [1.29, 1.82) is 0 Å². The molecule has 0 saturated carbocycles. The number of carbonyl (C=O) groups is 1. The van der Waals surface area contributed by atoms with Crippen molar-refractivity contribution in [2.24, 2.45) is 11.0 Å². The zero-order chi connectivity index (χ0) is 14.8. The summed E-state index contributed by atoms with van der Waals surface area (Å²) in [4.78, 5) is 21.0. The van der Waals surface area contributed by atoms with Gasteiger partial charge in [0.1, 0.15) is 5.75 Å². The van der Waals surface area contributed by atoms with Crippen molar-refractivity contribution in [3.05, 3.63) is 28.6 Å². The van der Waals surface area contributed by atoms with Crippen molar-refractivity contribution in [2.45, 2.75) is 6.42 Å². The number of azide groups is 1. The van der Waals surface area contributed by atoms with E-state index in [0.717, 1.165) is 16.0 Å². The van der Waals surface area contributed by atoms with Gasteiger partial charge >= 0.3 is 0 Å². The Kier molecular flexibility index (Phi) is 3.64. The van der Waals surface area contributed by atoms with Gasteiger partial charge in [-0.25, -0.2) is 4.98 Å². The first-order valence-electron chi connectivity index (χ1n) is 6.47. The van der Waals surface area contributed by atoms with E-state index in [2.05, 4.69) is 15.0 Å². The Balaban J connectivity index is 1.86. The quantitative estimate of drug-likeness (QED) is 0.494. The third-order valence-electron chi connectivity index (χ3n) is 3.42. The highest BCUT2D eigenvalue weighted by molar-refractivity contribution is 7.22. The standard InChI is InChI=1S/C13H13N5O2S/c1-20-9-2-3-10-11(5-9)21-13(16-10)18-7-8(4-12(18)19)6-15-17-14/h2-3,5,8H,4,6-7H2,1H3. The average molecular weight is 303 g/mol. The molecule has 1 fully saturated rings. The molecule has 0 bridgehead atoms. The predicted molar refractivity (Wildman–Crippen MR) is 80.6 cm³/mol. The van der Waals surface area contributed by atoms with Crippen molar-refractivity contribution in [2.75, 3.05) is 25.1 Å². The molecule has 1 aliphatic rings. The molecule has 0 radical (unpaired) electrons. The summed E-state index contributed by atoms with van der Waals surface area (Å²) in [5.74, 6) is 0.862. The number of anilines is 1. The number of thiazole rings is 1. The molecule has 1 saturated heterocycles. The smallest absolute Gasteiger partial charge is 0.229 e. The highest BCUT2D eigenvalue weighted by atomic mass is 32.1. The third kappa shape index (κ3) is 2.63. The normalized spacial score (nSPS) is 18.0. The van der Waals surface area contributed by atoms with E-state index < -0.39 is 0 Å². The average Bonchev–Trinajstić information content (AvgIpc) is 3.07. The second kappa shape index (κ2) is 5.59. The molecule has 2 heterocycles. The molecule has 1 atom stereocenters. The minimum atomic E-state index is 0.0270. The van der Waals surface area contributed by atoms with Crippen molar-refractivity contribution in [1.82, 2.24) is 4.98 Å². The van der Waals surface area contributed by atoms with Crippen LogP contribution in [0.15, 0.2) is 23.3 Å². The van der Waals surface area contributed by atoms with Gasteiger partial charge in [0.2, 0.25) is 5.91 Å². The Morgan fingerprint density at radius 3 is 3.24 bits per heavy atom. The number of nitrogens with zero attached hydrogens (tertiary/aromatic N) is 5. The predicted octanol–water partition coefficient (Wildman–Crippen LogP) is 2.97. The lowest BCUT2D eigenvalue weighted by Crippen LogP contribution is -2.24. The molecule has 2 aromatic rings. The van der Waals surface area contributed by atoms with Crippen LogP contribution in [-0.2, 0) is 4.79 Å². The summed E-state index contributed by atoms with van der Waals surface area (Å²) in [5, 5.41) is 4.24. The van der Waals surface area contributed by atoms with E-state index in [1.165, 1.54) is 11.3 Å². The van der Waals surface area contributed by atoms with Gasteiger partial charge in [-0.05, 0) is 29.6 Å². The minimum absolute atomic E-state index is 0.0270. The van der Waals surface area contributed by atoms with Crippen molar-refractivity contribution in [3.63, 3.8) is 0 Å². The zero-order valence-electron chi connectivity index (χ0n) is 11.4. The summed E-state index contributed by atoms with van der Waals surface area (Å²) in [7, 11) is 1.62. The van der Waals surface area contributed by atoms with E-state index in [-0.39, 0.29) is 11.8 Å². The van der Waals surface area contributed by atoms with Gasteiger partial charge in [0.05, 0.1) is 17.3 Å². The van der Waals surface area contributed by atoms with E-state index in [4.69, 9.17) is 10.3 Å². The molecule has 0 spiro atoms. The number of methoxy groups -OCH3 is 1. The zero-order valence-corrected chi connectivity index (χ0v) is 12.2. The van der Waals surface area contributed by atoms with Crippen LogP contribution in [0.5, 0.6) is 5.75 Å². The molecule has 0 N–H and O–H groups in total. The number of amides is 1. The van der Waals surface area contributed by atoms with E-state index >= 15 is 0 Å². The van der Waals surface area contributed by atoms with Crippen molar-refractivity contribution < 1.29 is 9.53 Å². The van der Waals surface area contributed by atoms with Crippen LogP contribution in [0.2, 0.25) is 0 Å². The minimum Gasteiger partial charge on any atom is -0.497 e.